The van der Waals surface area contributed by atoms with Gasteiger partial charge in [-0.1, -0.05) is 12.1 Å². The number of amides is 1. The van der Waals surface area contributed by atoms with Gasteiger partial charge in [-0.3, -0.25) is 4.79 Å². The van der Waals surface area contributed by atoms with E-state index < -0.39 is 0 Å². The second-order valence-electron chi connectivity index (χ2n) is 6.31. The van der Waals surface area contributed by atoms with Crippen molar-refractivity contribution in [1.29, 1.82) is 0 Å². The third-order valence-corrected chi connectivity index (χ3v) is 3.32. The molecule has 0 saturated carbocycles. The summed E-state index contributed by atoms with van der Waals surface area (Å²) in [6.07, 6.45) is 0. The molecule has 0 N–H and O–H groups in total. The summed E-state index contributed by atoms with van der Waals surface area (Å²) in [6, 6.07) is 7.51. The molecule has 20 heavy (non-hydrogen) atoms. The zero-order valence-electron chi connectivity index (χ0n) is 12.8. The molecule has 0 unspecified atom stereocenters. The van der Waals surface area contributed by atoms with Gasteiger partial charge in [0.25, 0.3) is 5.91 Å². The number of likely N-dealkylation sites (N-methyl/N-ethyl adjacent to an activating group) is 1. The number of hydrogen-bond acceptors (Lipinski definition) is 3. The molecule has 1 fully saturated rings. The van der Waals surface area contributed by atoms with Crippen molar-refractivity contribution in [2.75, 3.05) is 33.2 Å². The molecule has 1 aliphatic rings. The summed E-state index contributed by atoms with van der Waals surface area (Å²) in [7, 11) is 2.08. The fourth-order valence-electron chi connectivity index (χ4n) is 2.24. The van der Waals surface area contributed by atoms with Gasteiger partial charge in [0, 0.05) is 26.2 Å². The fraction of sp³-hybridized carbons (Fsp3) is 0.562. The molecule has 1 aliphatic heterocycles. The van der Waals surface area contributed by atoms with E-state index in [9.17, 15) is 4.79 Å². The van der Waals surface area contributed by atoms with E-state index in [-0.39, 0.29) is 11.5 Å². The highest BCUT2D eigenvalue weighted by Crippen LogP contribution is 2.24. The van der Waals surface area contributed by atoms with Crippen molar-refractivity contribution in [3.63, 3.8) is 0 Å². The molecule has 1 aromatic carbocycles. The summed E-state index contributed by atoms with van der Waals surface area (Å²) in [4.78, 5) is 16.8. The van der Waals surface area contributed by atoms with E-state index in [0.29, 0.717) is 11.3 Å². The number of carbonyl (C=O) groups excluding carboxylic acids is 1. The first-order valence-electron chi connectivity index (χ1n) is 7.13. The number of carbonyl (C=O) groups is 1. The Balaban J connectivity index is 2.17. The molecule has 0 aliphatic carbocycles. The van der Waals surface area contributed by atoms with E-state index in [1.165, 1.54) is 0 Å². The molecule has 0 bridgehead atoms. The number of benzene rings is 1. The van der Waals surface area contributed by atoms with E-state index in [4.69, 9.17) is 4.74 Å². The minimum Gasteiger partial charge on any atom is -0.487 e. The second-order valence-corrected chi connectivity index (χ2v) is 6.31. The van der Waals surface area contributed by atoms with Gasteiger partial charge in [0.1, 0.15) is 11.4 Å². The van der Waals surface area contributed by atoms with Crippen LogP contribution in [-0.4, -0.2) is 54.5 Å². The highest BCUT2D eigenvalue weighted by molar-refractivity contribution is 5.97. The van der Waals surface area contributed by atoms with Crippen molar-refractivity contribution < 1.29 is 9.53 Å². The third-order valence-electron chi connectivity index (χ3n) is 3.32. The number of ether oxygens (including phenoxy) is 1. The summed E-state index contributed by atoms with van der Waals surface area (Å²) >= 11 is 0. The SMILES string of the molecule is CN1CCN(C(=O)c2ccccc2OC(C)(C)C)CC1. The molecule has 4 nitrogen and oxygen atoms in total. The first-order valence-corrected chi connectivity index (χ1v) is 7.13. The monoisotopic (exact) mass is 276 g/mol. The van der Waals surface area contributed by atoms with E-state index in [1.807, 2.05) is 49.9 Å². The van der Waals surface area contributed by atoms with Crippen molar-refractivity contribution in [3.8, 4) is 5.75 Å². The zero-order chi connectivity index (χ0) is 14.8. The van der Waals surface area contributed by atoms with Gasteiger partial charge in [-0.2, -0.15) is 0 Å². The summed E-state index contributed by atoms with van der Waals surface area (Å²) in [5.74, 6) is 0.738. The summed E-state index contributed by atoms with van der Waals surface area (Å²) in [5, 5.41) is 0. The molecule has 110 valence electrons. The summed E-state index contributed by atoms with van der Waals surface area (Å²) in [6.45, 7) is 9.37. The van der Waals surface area contributed by atoms with Gasteiger partial charge in [0.2, 0.25) is 0 Å². The molecule has 4 heteroatoms. The number of nitrogens with zero attached hydrogens (tertiary/aromatic N) is 2. The average molecular weight is 276 g/mol. The van der Waals surface area contributed by atoms with Crippen LogP contribution < -0.4 is 4.74 Å². The van der Waals surface area contributed by atoms with Crippen molar-refractivity contribution in [2.24, 2.45) is 0 Å². The quantitative estimate of drug-likeness (QED) is 0.830. The maximum absolute atomic E-state index is 12.6. The van der Waals surface area contributed by atoms with E-state index in [0.717, 1.165) is 26.2 Å². The van der Waals surface area contributed by atoms with E-state index in [1.54, 1.807) is 0 Å². The van der Waals surface area contributed by atoms with Crippen LogP contribution in [0.2, 0.25) is 0 Å². The molecule has 0 atom stereocenters. The maximum atomic E-state index is 12.6. The lowest BCUT2D eigenvalue weighted by Gasteiger charge is -2.33. The Morgan fingerprint density at radius 2 is 1.70 bits per heavy atom. The maximum Gasteiger partial charge on any atom is 0.257 e. The lowest BCUT2D eigenvalue weighted by Crippen LogP contribution is -2.47. The zero-order valence-corrected chi connectivity index (χ0v) is 12.8. The lowest BCUT2D eigenvalue weighted by molar-refractivity contribution is 0.0650. The van der Waals surface area contributed by atoms with Crippen LogP contribution in [0.3, 0.4) is 0 Å². The average Bonchev–Trinajstić information content (AvgIpc) is 2.37. The predicted octanol–water partition coefficient (Wildman–Crippen LogP) is 2.25. The van der Waals surface area contributed by atoms with Crippen LogP contribution in [0.1, 0.15) is 31.1 Å². The Morgan fingerprint density at radius 3 is 2.30 bits per heavy atom. The lowest BCUT2D eigenvalue weighted by atomic mass is 10.1. The van der Waals surface area contributed by atoms with E-state index in [2.05, 4.69) is 11.9 Å². The number of hydrogen-bond donors (Lipinski definition) is 0. The van der Waals surface area contributed by atoms with Crippen LogP contribution in [0, 0.1) is 0 Å². The molecule has 0 aromatic heterocycles. The predicted molar refractivity (Wildman–Crippen MR) is 80.2 cm³/mol. The number of piperazine rings is 1. The van der Waals surface area contributed by atoms with Crippen LogP contribution in [0.5, 0.6) is 5.75 Å². The van der Waals surface area contributed by atoms with Gasteiger partial charge < -0.3 is 14.5 Å². The Bertz CT molecular complexity index is 472. The van der Waals surface area contributed by atoms with Crippen LogP contribution in [0.25, 0.3) is 0 Å². The summed E-state index contributed by atoms with van der Waals surface area (Å²) in [5.41, 5.74) is 0.352. The van der Waals surface area contributed by atoms with Crippen LogP contribution in [0.15, 0.2) is 24.3 Å². The Morgan fingerprint density at radius 1 is 1.10 bits per heavy atom. The minimum atomic E-state index is -0.307. The van der Waals surface area contributed by atoms with Crippen molar-refractivity contribution in [2.45, 2.75) is 26.4 Å². The largest absolute Gasteiger partial charge is 0.487 e. The first kappa shape index (κ1) is 14.9. The molecular weight excluding hydrogens is 252 g/mol. The molecule has 1 aromatic rings. The van der Waals surface area contributed by atoms with E-state index >= 15 is 0 Å². The molecule has 1 heterocycles. The molecule has 2 rings (SSSR count). The van der Waals surface area contributed by atoms with Crippen LogP contribution in [-0.2, 0) is 0 Å². The Hall–Kier alpha value is -1.55. The molecule has 0 spiro atoms. The minimum absolute atomic E-state index is 0.0675. The first-order chi connectivity index (χ1) is 9.37. The summed E-state index contributed by atoms with van der Waals surface area (Å²) < 4.78 is 5.91. The van der Waals surface area contributed by atoms with Crippen LogP contribution in [0.4, 0.5) is 0 Å². The van der Waals surface area contributed by atoms with Crippen LogP contribution >= 0.6 is 0 Å². The molecule has 1 saturated heterocycles. The second kappa shape index (κ2) is 5.83. The Kier molecular flexibility index (Phi) is 4.33. The molecule has 0 radical (unpaired) electrons. The van der Waals surface area contributed by atoms with Gasteiger partial charge in [-0.25, -0.2) is 0 Å². The van der Waals surface area contributed by atoms with Crippen molar-refractivity contribution >= 4 is 5.91 Å². The van der Waals surface area contributed by atoms with Crippen molar-refractivity contribution in [3.05, 3.63) is 29.8 Å². The molecule has 1 amide bonds. The van der Waals surface area contributed by atoms with Gasteiger partial charge in [0.05, 0.1) is 5.56 Å². The number of rotatable bonds is 2. The fourth-order valence-corrected chi connectivity index (χ4v) is 2.24. The smallest absolute Gasteiger partial charge is 0.257 e. The van der Waals surface area contributed by atoms with Gasteiger partial charge in [-0.05, 0) is 40.0 Å². The van der Waals surface area contributed by atoms with Gasteiger partial charge in [0.15, 0.2) is 0 Å². The number of para-hydroxylation sites is 1. The highest BCUT2D eigenvalue weighted by atomic mass is 16.5. The van der Waals surface area contributed by atoms with Gasteiger partial charge >= 0.3 is 0 Å². The highest BCUT2D eigenvalue weighted by Gasteiger charge is 2.24. The topological polar surface area (TPSA) is 32.8 Å². The Labute approximate surface area is 121 Å². The standard InChI is InChI=1S/C16H24N2O2/c1-16(2,3)20-14-8-6-5-7-13(14)15(19)18-11-9-17(4)10-12-18/h5-8H,9-12H2,1-4H3. The normalized spacial score (nSPS) is 17.1. The van der Waals surface area contributed by atoms with Crippen molar-refractivity contribution in [1.82, 2.24) is 9.80 Å². The third kappa shape index (κ3) is 3.73. The van der Waals surface area contributed by atoms with Gasteiger partial charge in [-0.15, -0.1) is 0 Å². The molecular formula is C16H24N2O2.